The van der Waals surface area contributed by atoms with Gasteiger partial charge in [0.15, 0.2) is 5.69 Å². The van der Waals surface area contributed by atoms with Gasteiger partial charge in [-0.25, -0.2) is 9.48 Å². The van der Waals surface area contributed by atoms with Crippen LogP contribution in [0.15, 0.2) is 6.20 Å². The molecule has 0 bridgehead atoms. The predicted octanol–water partition coefficient (Wildman–Crippen LogP) is 1.19. The van der Waals surface area contributed by atoms with Crippen molar-refractivity contribution in [1.29, 1.82) is 0 Å². The average Bonchev–Trinajstić information content (AvgIpc) is 2.87. The molecule has 1 aromatic rings. The Kier molecular flexibility index (Phi) is 3.65. The highest BCUT2D eigenvalue weighted by molar-refractivity contribution is 5.84. The zero-order valence-corrected chi connectivity index (χ0v) is 12.1. The molecule has 2 heterocycles. The first-order valence-corrected chi connectivity index (χ1v) is 7.48. The first-order valence-electron chi connectivity index (χ1n) is 7.48. The van der Waals surface area contributed by atoms with Gasteiger partial charge in [-0.2, -0.15) is 0 Å². The van der Waals surface area contributed by atoms with Crippen molar-refractivity contribution in [3.8, 4) is 0 Å². The van der Waals surface area contributed by atoms with Crippen molar-refractivity contribution < 1.29 is 14.7 Å². The lowest BCUT2D eigenvalue weighted by Crippen LogP contribution is -2.53. The van der Waals surface area contributed by atoms with Crippen molar-refractivity contribution in [3.05, 3.63) is 11.9 Å². The van der Waals surface area contributed by atoms with Gasteiger partial charge in [-0.05, 0) is 31.6 Å². The monoisotopic (exact) mass is 292 g/mol. The van der Waals surface area contributed by atoms with Crippen LogP contribution in [0.25, 0.3) is 0 Å². The number of aromatic carboxylic acids is 1. The molecule has 1 N–H and O–H groups in total. The molecule has 0 aromatic carbocycles. The SMILES string of the molecule is CC1CCC(C(=O)N2CC(n3cc(C(=O)O)nn3)C2)CC1. The molecule has 1 amide bonds. The molecule has 1 aliphatic heterocycles. The lowest BCUT2D eigenvalue weighted by molar-refractivity contribution is -0.143. The lowest BCUT2D eigenvalue weighted by Gasteiger charge is -2.41. The minimum absolute atomic E-state index is 0.0528. The van der Waals surface area contributed by atoms with Crippen LogP contribution in [0.2, 0.25) is 0 Å². The standard InChI is InChI=1S/C14H20N4O3/c1-9-2-4-10(5-3-9)13(19)17-6-11(7-17)18-8-12(14(20)21)15-16-18/h8-11H,2-7H2,1H3,(H,20,21). The molecule has 0 radical (unpaired) electrons. The molecule has 2 fully saturated rings. The smallest absolute Gasteiger partial charge is 0.358 e. The minimum atomic E-state index is -1.08. The quantitative estimate of drug-likeness (QED) is 0.904. The third-order valence-electron chi connectivity index (χ3n) is 4.64. The van der Waals surface area contributed by atoms with Gasteiger partial charge in [0.05, 0.1) is 12.2 Å². The third kappa shape index (κ3) is 2.77. The van der Waals surface area contributed by atoms with Crippen LogP contribution in [0, 0.1) is 11.8 Å². The minimum Gasteiger partial charge on any atom is -0.476 e. The molecule has 1 saturated heterocycles. The fourth-order valence-corrected chi connectivity index (χ4v) is 3.12. The topological polar surface area (TPSA) is 88.3 Å². The molecule has 21 heavy (non-hydrogen) atoms. The van der Waals surface area contributed by atoms with Crippen LogP contribution in [-0.4, -0.2) is 50.0 Å². The van der Waals surface area contributed by atoms with Gasteiger partial charge in [-0.3, -0.25) is 4.79 Å². The number of likely N-dealkylation sites (tertiary alicyclic amines) is 1. The summed E-state index contributed by atoms with van der Waals surface area (Å²) in [5.41, 5.74) is -0.0546. The molecular formula is C14H20N4O3. The van der Waals surface area contributed by atoms with E-state index in [1.54, 1.807) is 4.68 Å². The molecule has 7 nitrogen and oxygen atoms in total. The maximum Gasteiger partial charge on any atom is 0.358 e. The Balaban J connectivity index is 1.53. The number of carbonyl (C=O) groups is 2. The van der Waals surface area contributed by atoms with E-state index in [0.717, 1.165) is 31.6 Å². The summed E-state index contributed by atoms with van der Waals surface area (Å²) in [6, 6.07) is 0.0528. The van der Waals surface area contributed by atoms with Crippen LogP contribution < -0.4 is 0 Å². The summed E-state index contributed by atoms with van der Waals surface area (Å²) >= 11 is 0. The Hall–Kier alpha value is -1.92. The van der Waals surface area contributed by atoms with Gasteiger partial charge >= 0.3 is 5.97 Å². The number of hydrogen-bond acceptors (Lipinski definition) is 4. The molecule has 1 aliphatic carbocycles. The summed E-state index contributed by atoms with van der Waals surface area (Å²) in [5, 5.41) is 16.2. The first kappa shape index (κ1) is 14.0. The summed E-state index contributed by atoms with van der Waals surface area (Å²) in [4.78, 5) is 25.0. The molecule has 0 atom stereocenters. The van der Waals surface area contributed by atoms with Crippen molar-refractivity contribution in [1.82, 2.24) is 19.9 Å². The van der Waals surface area contributed by atoms with Crippen LogP contribution in [-0.2, 0) is 4.79 Å². The van der Waals surface area contributed by atoms with E-state index in [2.05, 4.69) is 17.2 Å². The molecule has 1 saturated carbocycles. The van der Waals surface area contributed by atoms with E-state index < -0.39 is 5.97 Å². The molecule has 114 valence electrons. The van der Waals surface area contributed by atoms with Gasteiger partial charge in [-0.1, -0.05) is 12.1 Å². The lowest BCUT2D eigenvalue weighted by atomic mass is 9.82. The maximum absolute atomic E-state index is 12.4. The van der Waals surface area contributed by atoms with Gasteiger partial charge in [-0.15, -0.1) is 5.10 Å². The van der Waals surface area contributed by atoms with Gasteiger partial charge in [0.1, 0.15) is 0 Å². The van der Waals surface area contributed by atoms with Crippen LogP contribution in [0.5, 0.6) is 0 Å². The molecule has 0 spiro atoms. The van der Waals surface area contributed by atoms with Crippen molar-refractivity contribution in [2.45, 2.75) is 38.6 Å². The van der Waals surface area contributed by atoms with Crippen LogP contribution in [0.1, 0.15) is 49.1 Å². The van der Waals surface area contributed by atoms with E-state index in [4.69, 9.17) is 5.11 Å². The van der Waals surface area contributed by atoms with E-state index in [9.17, 15) is 9.59 Å². The zero-order valence-electron chi connectivity index (χ0n) is 12.1. The maximum atomic E-state index is 12.4. The molecule has 0 unspecified atom stereocenters. The highest BCUT2D eigenvalue weighted by Crippen LogP contribution is 2.32. The molecule has 1 aromatic heterocycles. The van der Waals surface area contributed by atoms with E-state index >= 15 is 0 Å². The average molecular weight is 292 g/mol. The number of carbonyl (C=O) groups excluding carboxylic acids is 1. The van der Waals surface area contributed by atoms with Gasteiger partial charge < -0.3 is 10.0 Å². The number of amides is 1. The van der Waals surface area contributed by atoms with E-state index in [1.165, 1.54) is 6.20 Å². The van der Waals surface area contributed by atoms with Crippen LogP contribution in [0.4, 0.5) is 0 Å². The Morgan fingerprint density at radius 3 is 2.48 bits per heavy atom. The summed E-state index contributed by atoms with van der Waals surface area (Å²) in [5.74, 6) is 0.0804. The summed E-state index contributed by atoms with van der Waals surface area (Å²) < 4.78 is 1.55. The van der Waals surface area contributed by atoms with Crippen molar-refractivity contribution in [2.75, 3.05) is 13.1 Å². The van der Waals surface area contributed by atoms with Crippen molar-refractivity contribution in [3.63, 3.8) is 0 Å². The fourth-order valence-electron chi connectivity index (χ4n) is 3.12. The largest absolute Gasteiger partial charge is 0.476 e. The second-order valence-corrected chi connectivity index (χ2v) is 6.24. The fraction of sp³-hybridized carbons (Fsp3) is 0.714. The highest BCUT2D eigenvalue weighted by Gasteiger charge is 2.37. The Bertz CT molecular complexity index is 542. The first-order chi connectivity index (χ1) is 10.0. The van der Waals surface area contributed by atoms with Crippen molar-refractivity contribution in [2.24, 2.45) is 11.8 Å². The Morgan fingerprint density at radius 2 is 1.90 bits per heavy atom. The molecule has 7 heteroatoms. The summed E-state index contributed by atoms with van der Waals surface area (Å²) in [6.45, 7) is 3.45. The van der Waals surface area contributed by atoms with E-state index in [0.29, 0.717) is 13.1 Å². The molecule has 3 rings (SSSR count). The Labute approximate surface area is 122 Å². The van der Waals surface area contributed by atoms with Gasteiger partial charge in [0, 0.05) is 19.0 Å². The molecule has 2 aliphatic rings. The number of carboxylic acids is 1. The Morgan fingerprint density at radius 1 is 1.24 bits per heavy atom. The second kappa shape index (κ2) is 5.46. The number of aromatic nitrogens is 3. The van der Waals surface area contributed by atoms with Crippen molar-refractivity contribution >= 4 is 11.9 Å². The second-order valence-electron chi connectivity index (χ2n) is 6.24. The number of nitrogens with zero attached hydrogens (tertiary/aromatic N) is 4. The predicted molar refractivity (Wildman–Crippen MR) is 73.7 cm³/mol. The normalized spacial score (nSPS) is 26.4. The van der Waals surface area contributed by atoms with Gasteiger partial charge in [0.25, 0.3) is 0 Å². The van der Waals surface area contributed by atoms with Gasteiger partial charge in [0.2, 0.25) is 5.91 Å². The van der Waals surface area contributed by atoms with E-state index in [-0.39, 0.29) is 23.6 Å². The third-order valence-corrected chi connectivity index (χ3v) is 4.64. The highest BCUT2D eigenvalue weighted by atomic mass is 16.4. The summed E-state index contributed by atoms with van der Waals surface area (Å²) in [6.07, 6.45) is 5.69. The van der Waals surface area contributed by atoms with Crippen LogP contribution in [0.3, 0.4) is 0 Å². The zero-order chi connectivity index (χ0) is 15.0. The van der Waals surface area contributed by atoms with E-state index in [1.807, 2.05) is 4.90 Å². The number of hydrogen-bond donors (Lipinski definition) is 1. The molecular weight excluding hydrogens is 272 g/mol. The number of rotatable bonds is 3. The number of carboxylic acid groups (broad SMARTS) is 1. The summed E-state index contributed by atoms with van der Waals surface area (Å²) in [7, 11) is 0. The van der Waals surface area contributed by atoms with Crippen LogP contribution >= 0.6 is 0 Å².